The van der Waals surface area contributed by atoms with Gasteiger partial charge in [0.05, 0.1) is 16.2 Å². The van der Waals surface area contributed by atoms with Crippen LogP contribution in [0.3, 0.4) is 0 Å². The maximum absolute atomic E-state index is 12.9. The van der Waals surface area contributed by atoms with Crippen LogP contribution in [-0.2, 0) is 9.59 Å². The fraction of sp³-hybridized carbons (Fsp3) is 0.783. The van der Waals surface area contributed by atoms with E-state index < -0.39 is 5.97 Å². The smallest absolute Gasteiger partial charge is 0.313 e. The zero-order valence-corrected chi connectivity index (χ0v) is 19.5. The first-order valence-corrected chi connectivity index (χ1v) is 13.4. The van der Waals surface area contributed by atoms with Crippen LogP contribution in [0.1, 0.15) is 77.6 Å². The molecule has 1 aromatic heterocycles. The van der Waals surface area contributed by atoms with Gasteiger partial charge in [-0.05, 0) is 54.8 Å². The minimum Gasteiger partial charge on any atom is -0.481 e. The number of carbonyl (C=O) groups excluding carboxylic acids is 1. The number of rotatable bonds is 8. The van der Waals surface area contributed by atoms with E-state index in [9.17, 15) is 9.59 Å². The van der Waals surface area contributed by atoms with Gasteiger partial charge in [-0.2, -0.15) is 0 Å². The lowest BCUT2D eigenvalue weighted by Crippen LogP contribution is -2.21. The fourth-order valence-electron chi connectivity index (χ4n) is 6.45. The van der Waals surface area contributed by atoms with Crippen LogP contribution in [0, 0.1) is 29.1 Å². The van der Waals surface area contributed by atoms with E-state index in [1.807, 2.05) is 0 Å². The van der Waals surface area contributed by atoms with E-state index in [0.717, 1.165) is 22.0 Å². The molecule has 1 spiro atoms. The number of carboxylic acids is 1. The van der Waals surface area contributed by atoms with Crippen molar-refractivity contribution in [2.45, 2.75) is 81.8 Å². The van der Waals surface area contributed by atoms with Crippen molar-refractivity contribution in [1.29, 1.82) is 0 Å². The number of aliphatic carboxylic acids is 1. The van der Waals surface area contributed by atoms with E-state index in [-0.39, 0.29) is 11.7 Å². The average Bonchev–Trinajstić information content (AvgIpc) is 3.09. The number of aromatic nitrogens is 1. The molecule has 3 fully saturated rings. The van der Waals surface area contributed by atoms with E-state index in [2.05, 4.69) is 17.2 Å². The number of hydrogen-bond donors (Lipinski definition) is 2. The van der Waals surface area contributed by atoms with Crippen molar-refractivity contribution in [1.82, 2.24) is 4.98 Å². The number of carbonyl (C=O) groups is 2. The predicted molar refractivity (Wildman–Crippen MR) is 122 cm³/mol. The third kappa shape index (κ3) is 4.87. The Balaban J connectivity index is 1.36. The number of nitrogens with one attached hydrogen (secondary N) is 1. The molecule has 2 atom stereocenters. The normalized spacial score (nSPS) is 31.6. The Morgan fingerprint density at radius 3 is 2.63 bits per heavy atom. The first-order valence-electron chi connectivity index (χ1n) is 11.6. The van der Waals surface area contributed by atoms with Crippen LogP contribution in [0.25, 0.3) is 0 Å². The van der Waals surface area contributed by atoms with Crippen LogP contribution in [0.4, 0.5) is 5.13 Å². The largest absolute Gasteiger partial charge is 0.481 e. The maximum atomic E-state index is 12.9. The summed E-state index contributed by atoms with van der Waals surface area (Å²) in [4.78, 5) is 27.9. The van der Waals surface area contributed by atoms with Gasteiger partial charge in [0.25, 0.3) is 0 Å². The van der Waals surface area contributed by atoms with Crippen molar-refractivity contribution in [2.24, 2.45) is 29.1 Å². The molecule has 0 aromatic carbocycles. The van der Waals surface area contributed by atoms with Crippen LogP contribution in [0.15, 0.2) is 10.4 Å². The number of carboxylic acid groups (broad SMARTS) is 1. The Morgan fingerprint density at radius 1 is 1.23 bits per heavy atom. The van der Waals surface area contributed by atoms with Gasteiger partial charge in [0, 0.05) is 6.42 Å². The molecule has 7 heteroatoms. The van der Waals surface area contributed by atoms with E-state index in [0.29, 0.717) is 22.9 Å². The van der Waals surface area contributed by atoms with Gasteiger partial charge in [0.2, 0.25) is 5.91 Å². The van der Waals surface area contributed by atoms with Gasteiger partial charge in [0.15, 0.2) is 5.13 Å². The molecule has 0 aliphatic heterocycles. The Kier molecular flexibility index (Phi) is 7.08. The summed E-state index contributed by atoms with van der Waals surface area (Å²) in [5.41, 5.74) is 0.427. The highest BCUT2D eigenvalue weighted by molar-refractivity contribution is 8.01. The predicted octanol–water partition coefficient (Wildman–Crippen LogP) is 6.06. The molecule has 0 bridgehead atoms. The quantitative estimate of drug-likeness (QED) is 0.471. The average molecular weight is 451 g/mol. The molecule has 3 saturated carbocycles. The van der Waals surface area contributed by atoms with Crippen LogP contribution in [0.5, 0.6) is 0 Å². The third-order valence-corrected chi connectivity index (χ3v) is 10.1. The van der Waals surface area contributed by atoms with Crippen molar-refractivity contribution in [2.75, 3.05) is 11.1 Å². The van der Waals surface area contributed by atoms with E-state index in [4.69, 9.17) is 5.11 Å². The summed E-state index contributed by atoms with van der Waals surface area (Å²) in [5.74, 6) is 2.26. The van der Waals surface area contributed by atoms with Crippen molar-refractivity contribution in [3.8, 4) is 0 Å². The zero-order chi connectivity index (χ0) is 21.1. The number of anilines is 1. The van der Waals surface area contributed by atoms with Gasteiger partial charge in [-0.3, -0.25) is 9.59 Å². The van der Waals surface area contributed by atoms with Gasteiger partial charge in [-0.15, -0.1) is 11.8 Å². The molecule has 166 valence electrons. The lowest BCUT2D eigenvalue weighted by Gasteiger charge is -2.32. The monoisotopic (exact) mass is 450 g/mol. The first-order chi connectivity index (χ1) is 14.5. The lowest BCUT2D eigenvalue weighted by atomic mass is 9.74. The molecule has 3 aliphatic rings. The Hall–Kier alpha value is -1.08. The second-order valence-electron chi connectivity index (χ2n) is 9.53. The highest BCUT2D eigenvalue weighted by Gasteiger charge is 2.66. The summed E-state index contributed by atoms with van der Waals surface area (Å²) < 4.78 is 0.827. The summed E-state index contributed by atoms with van der Waals surface area (Å²) in [6, 6.07) is 0. The zero-order valence-electron chi connectivity index (χ0n) is 17.9. The van der Waals surface area contributed by atoms with Gasteiger partial charge in [0.1, 0.15) is 0 Å². The van der Waals surface area contributed by atoms with Crippen molar-refractivity contribution in [3.05, 3.63) is 6.20 Å². The van der Waals surface area contributed by atoms with E-state index >= 15 is 0 Å². The highest BCUT2D eigenvalue weighted by Crippen LogP contribution is 2.72. The standard InChI is InChI=1S/C23H34N2O3S2/c1-2-15-8-10-23(11-9-15)17(21(23)16-6-4-3-5-7-16)12-18(26)25-22-24-13-20(30-22)29-14-19(27)28/h13,15-17,21H,2-12,14H2,1H3,(H,27,28)(H,24,25,26). The van der Waals surface area contributed by atoms with Crippen molar-refractivity contribution in [3.63, 3.8) is 0 Å². The van der Waals surface area contributed by atoms with Crippen LogP contribution >= 0.6 is 23.1 Å². The number of nitrogens with zero attached hydrogens (tertiary/aromatic N) is 1. The maximum Gasteiger partial charge on any atom is 0.313 e. The topological polar surface area (TPSA) is 79.3 Å². The van der Waals surface area contributed by atoms with Gasteiger partial charge >= 0.3 is 5.97 Å². The summed E-state index contributed by atoms with van der Waals surface area (Å²) in [5, 5.41) is 12.4. The minimum absolute atomic E-state index is 0.0159. The summed E-state index contributed by atoms with van der Waals surface area (Å²) in [7, 11) is 0. The fourth-order valence-corrected chi connectivity index (χ4v) is 8.06. The molecule has 0 radical (unpaired) electrons. The number of thioether (sulfide) groups is 1. The van der Waals surface area contributed by atoms with E-state index in [1.165, 1.54) is 87.3 Å². The second kappa shape index (κ2) is 9.60. The first kappa shape index (κ1) is 22.1. The molecule has 2 N–H and O–H groups in total. The number of hydrogen-bond acceptors (Lipinski definition) is 5. The lowest BCUT2D eigenvalue weighted by molar-refractivity contribution is -0.133. The van der Waals surface area contributed by atoms with Crippen molar-refractivity contribution >= 4 is 40.1 Å². The van der Waals surface area contributed by atoms with E-state index in [1.54, 1.807) is 6.20 Å². The number of amides is 1. The van der Waals surface area contributed by atoms with Gasteiger partial charge < -0.3 is 10.4 Å². The molecule has 30 heavy (non-hydrogen) atoms. The minimum atomic E-state index is -0.843. The molecular formula is C23H34N2O3S2. The Labute approximate surface area is 187 Å². The molecule has 1 aromatic rings. The molecule has 3 aliphatic carbocycles. The second-order valence-corrected chi connectivity index (χ2v) is 11.8. The molecular weight excluding hydrogens is 416 g/mol. The van der Waals surface area contributed by atoms with Crippen LogP contribution in [-0.4, -0.2) is 27.7 Å². The van der Waals surface area contributed by atoms with Gasteiger partial charge in [-0.25, -0.2) is 4.98 Å². The summed E-state index contributed by atoms with van der Waals surface area (Å²) in [6.07, 6.45) is 15.7. The SMILES string of the molecule is CCC1CCC2(CC1)C(CC(=O)Nc1ncc(SCC(=O)O)s1)C2C1CCCCC1. The summed E-state index contributed by atoms with van der Waals surface area (Å²) >= 11 is 2.61. The Morgan fingerprint density at radius 2 is 1.97 bits per heavy atom. The number of thiazole rings is 1. The highest BCUT2D eigenvalue weighted by atomic mass is 32.2. The molecule has 2 unspecified atom stereocenters. The summed E-state index contributed by atoms with van der Waals surface area (Å²) in [6.45, 7) is 2.32. The molecule has 0 saturated heterocycles. The third-order valence-electron chi connectivity index (χ3n) is 7.97. The molecule has 1 amide bonds. The van der Waals surface area contributed by atoms with Crippen LogP contribution < -0.4 is 5.32 Å². The van der Waals surface area contributed by atoms with Crippen molar-refractivity contribution < 1.29 is 14.7 Å². The molecule has 4 rings (SSSR count). The Bertz CT molecular complexity index is 751. The molecule has 5 nitrogen and oxygen atoms in total. The molecule has 1 heterocycles. The van der Waals surface area contributed by atoms with Crippen LogP contribution in [0.2, 0.25) is 0 Å². The van der Waals surface area contributed by atoms with Gasteiger partial charge in [-0.1, -0.05) is 56.8 Å².